The molecule has 104 valence electrons. The molecule has 4 rings (SSSR count). The number of rotatable bonds is 2. The smallest absolute Gasteiger partial charge is 0.226 e. The number of aryl methyl sites for hydroxylation is 2. The molecule has 0 radical (unpaired) electrons. The van der Waals surface area contributed by atoms with Crippen LogP contribution in [-0.4, -0.2) is 32.3 Å². The van der Waals surface area contributed by atoms with Gasteiger partial charge in [0.25, 0.3) is 0 Å². The highest BCUT2D eigenvalue weighted by Crippen LogP contribution is 2.39. The summed E-state index contributed by atoms with van der Waals surface area (Å²) in [6, 6.07) is 0.657. The van der Waals surface area contributed by atoms with Crippen molar-refractivity contribution in [3.05, 3.63) is 24.2 Å². The summed E-state index contributed by atoms with van der Waals surface area (Å²) in [6.07, 6.45) is 9.81. The summed E-state index contributed by atoms with van der Waals surface area (Å²) in [4.78, 5) is 11.8. The Kier molecular flexibility index (Phi) is 2.55. The van der Waals surface area contributed by atoms with Crippen LogP contribution >= 0.6 is 0 Å². The molecule has 2 bridgehead atoms. The van der Waals surface area contributed by atoms with Gasteiger partial charge in [0, 0.05) is 37.6 Å². The van der Waals surface area contributed by atoms with Crippen molar-refractivity contribution in [3.8, 4) is 11.3 Å². The number of hydrogen-bond donors (Lipinski definition) is 0. The van der Waals surface area contributed by atoms with Gasteiger partial charge in [-0.1, -0.05) is 0 Å². The Hall–Kier alpha value is -1.91. The van der Waals surface area contributed by atoms with Crippen molar-refractivity contribution >= 4 is 5.95 Å². The van der Waals surface area contributed by atoms with Crippen molar-refractivity contribution < 1.29 is 0 Å². The second kappa shape index (κ2) is 4.30. The van der Waals surface area contributed by atoms with Crippen molar-refractivity contribution in [1.29, 1.82) is 0 Å². The van der Waals surface area contributed by atoms with E-state index in [2.05, 4.69) is 21.9 Å². The number of aromatic nitrogens is 4. The van der Waals surface area contributed by atoms with Crippen molar-refractivity contribution in [2.45, 2.75) is 32.2 Å². The van der Waals surface area contributed by atoms with Gasteiger partial charge in [-0.15, -0.1) is 0 Å². The average Bonchev–Trinajstić information content (AvgIpc) is 3.15. The van der Waals surface area contributed by atoms with Gasteiger partial charge >= 0.3 is 0 Å². The summed E-state index contributed by atoms with van der Waals surface area (Å²) in [5.74, 6) is 1.74. The fourth-order valence-electron chi connectivity index (χ4n) is 3.58. The largest absolute Gasteiger partial charge is 0.338 e. The lowest BCUT2D eigenvalue weighted by atomic mass is 10.1. The zero-order chi connectivity index (χ0) is 13.7. The minimum Gasteiger partial charge on any atom is -0.338 e. The number of piperidine rings is 1. The van der Waals surface area contributed by atoms with Gasteiger partial charge in [-0.3, -0.25) is 4.68 Å². The normalized spacial score (nSPS) is 24.6. The van der Waals surface area contributed by atoms with Gasteiger partial charge in [0.05, 0.1) is 11.9 Å². The lowest BCUT2D eigenvalue weighted by Gasteiger charge is -2.27. The number of nitrogens with zero attached hydrogens (tertiary/aromatic N) is 5. The third-order valence-electron chi connectivity index (χ3n) is 4.60. The summed E-state index contributed by atoms with van der Waals surface area (Å²) < 4.78 is 1.81. The molecule has 2 atom stereocenters. The van der Waals surface area contributed by atoms with E-state index >= 15 is 0 Å². The molecule has 3 heterocycles. The lowest BCUT2D eigenvalue weighted by Crippen LogP contribution is -2.33. The molecule has 5 nitrogen and oxygen atoms in total. The molecule has 2 aromatic rings. The van der Waals surface area contributed by atoms with E-state index < -0.39 is 0 Å². The number of anilines is 1. The molecule has 1 saturated carbocycles. The van der Waals surface area contributed by atoms with E-state index in [0.29, 0.717) is 6.04 Å². The molecule has 0 N–H and O–H groups in total. The van der Waals surface area contributed by atoms with Crippen LogP contribution < -0.4 is 4.90 Å². The first kappa shape index (κ1) is 11.9. The van der Waals surface area contributed by atoms with Gasteiger partial charge in [-0.25, -0.2) is 9.97 Å². The molecular formula is C15H19N5. The predicted octanol–water partition coefficient (Wildman–Crippen LogP) is 2.17. The number of fused-ring (bicyclic) bond motifs is 2. The first-order chi connectivity index (χ1) is 9.70. The van der Waals surface area contributed by atoms with Crippen molar-refractivity contribution in [3.63, 3.8) is 0 Å². The van der Waals surface area contributed by atoms with Crippen LogP contribution in [0.3, 0.4) is 0 Å². The molecule has 1 saturated heterocycles. The minimum absolute atomic E-state index is 0.657. The fraction of sp³-hybridized carbons (Fsp3) is 0.533. The van der Waals surface area contributed by atoms with Crippen LogP contribution in [0.5, 0.6) is 0 Å². The maximum atomic E-state index is 4.82. The van der Waals surface area contributed by atoms with Gasteiger partial charge in [-0.2, -0.15) is 5.10 Å². The van der Waals surface area contributed by atoms with Crippen LogP contribution in [0.4, 0.5) is 5.95 Å². The Morgan fingerprint density at radius 3 is 2.80 bits per heavy atom. The van der Waals surface area contributed by atoms with Crippen LogP contribution in [0, 0.1) is 12.8 Å². The Labute approximate surface area is 118 Å². The lowest BCUT2D eigenvalue weighted by molar-refractivity contribution is 0.546. The van der Waals surface area contributed by atoms with E-state index in [4.69, 9.17) is 4.98 Å². The summed E-state index contributed by atoms with van der Waals surface area (Å²) >= 11 is 0. The third-order valence-corrected chi connectivity index (χ3v) is 4.60. The predicted molar refractivity (Wildman–Crippen MR) is 77.4 cm³/mol. The second-order valence-electron chi connectivity index (χ2n) is 6.09. The maximum absolute atomic E-state index is 4.82. The van der Waals surface area contributed by atoms with E-state index in [9.17, 15) is 0 Å². The maximum Gasteiger partial charge on any atom is 0.226 e. The SMILES string of the molecule is Cc1cnc(N2C[C@H]3CC[C@H]2C3)nc1-c1cnn(C)c1. The monoisotopic (exact) mass is 269 g/mol. The quantitative estimate of drug-likeness (QED) is 0.838. The molecule has 20 heavy (non-hydrogen) atoms. The highest BCUT2D eigenvalue weighted by Gasteiger charge is 2.39. The fourth-order valence-corrected chi connectivity index (χ4v) is 3.58. The number of hydrogen-bond acceptors (Lipinski definition) is 4. The Morgan fingerprint density at radius 2 is 2.15 bits per heavy atom. The summed E-state index contributed by atoms with van der Waals surface area (Å²) in [5, 5.41) is 4.24. The Bertz CT molecular complexity index is 647. The summed E-state index contributed by atoms with van der Waals surface area (Å²) in [7, 11) is 1.93. The zero-order valence-electron chi connectivity index (χ0n) is 12.0. The molecule has 0 aromatic carbocycles. The molecule has 1 aliphatic heterocycles. The van der Waals surface area contributed by atoms with Crippen molar-refractivity contribution in [2.75, 3.05) is 11.4 Å². The topological polar surface area (TPSA) is 46.8 Å². The van der Waals surface area contributed by atoms with Crippen molar-refractivity contribution in [2.24, 2.45) is 13.0 Å². The van der Waals surface area contributed by atoms with Crippen molar-refractivity contribution in [1.82, 2.24) is 19.7 Å². The Morgan fingerprint density at radius 1 is 1.25 bits per heavy atom. The summed E-state index contributed by atoms with van der Waals surface area (Å²) in [6.45, 7) is 3.18. The van der Waals surface area contributed by atoms with Crippen LogP contribution in [-0.2, 0) is 7.05 Å². The van der Waals surface area contributed by atoms with E-state index in [1.54, 1.807) is 0 Å². The van der Waals surface area contributed by atoms with E-state index in [0.717, 1.165) is 35.2 Å². The molecule has 0 spiro atoms. The molecule has 2 aromatic heterocycles. The van der Waals surface area contributed by atoms with Crippen LogP contribution in [0.25, 0.3) is 11.3 Å². The molecule has 1 aliphatic carbocycles. The van der Waals surface area contributed by atoms with E-state index in [-0.39, 0.29) is 0 Å². The van der Waals surface area contributed by atoms with Crippen LogP contribution in [0.2, 0.25) is 0 Å². The first-order valence-electron chi connectivity index (χ1n) is 7.30. The van der Waals surface area contributed by atoms with Gasteiger partial charge in [0.2, 0.25) is 5.95 Å². The van der Waals surface area contributed by atoms with Crippen LogP contribution in [0.1, 0.15) is 24.8 Å². The van der Waals surface area contributed by atoms with Gasteiger partial charge in [0.1, 0.15) is 0 Å². The van der Waals surface area contributed by atoms with Gasteiger partial charge in [-0.05, 0) is 37.7 Å². The third kappa shape index (κ3) is 1.80. The molecule has 2 aliphatic rings. The minimum atomic E-state index is 0.657. The van der Waals surface area contributed by atoms with E-state index in [1.807, 2.05) is 30.3 Å². The molecule has 2 fully saturated rings. The highest BCUT2D eigenvalue weighted by atomic mass is 15.3. The molecule has 5 heteroatoms. The van der Waals surface area contributed by atoms with Gasteiger partial charge in [0.15, 0.2) is 0 Å². The zero-order valence-corrected chi connectivity index (χ0v) is 12.0. The molecule has 0 amide bonds. The van der Waals surface area contributed by atoms with E-state index in [1.165, 1.54) is 19.3 Å². The average molecular weight is 269 g/mol. The summed E-state index contributed by atoms with van der Waals surface area (Å²) in [5.41, 5.74) is 3.18. The highest BCUT2D eigenvalue weighted by molar-refractivity contribution is 5.62. The van der Waals surface area contributed by atoms with Crippen LogP contribution in [0.15, 0.2) is 18.6 Å². The van der Waals surface area contributed by atoms with Gasteiger partial charge < -0.3 is 4.90 Å². The molecular weight excluding hydrogens is 250 g/mol. The second-order valence-corrected chi connectivity index (χ2v) is 6.09. The first-order valence-corrected chi connectivity index (χ1v) is 7.30. The molecule has 0 unspecified atom stereocenters. The standard InChI is InChI=1S/C15H19N5/c1-10-6-16-15(20-8-11-3-4-13(20)5-11)18-14(10)12-7-17-19(2)9-12/h6-7,9,11,13H,3-5,8H2,1-2H3/t11-,13-/m0/s1. The Balaban J connectivity index is 1.72.